The van der Waals surface area contributed by atoms with Crippen molar-refractivity contribution in [1.82, 2.24) is 14.9 Å². The molecular weight excluding hydrogens is 434 g/mol. The second-order valence-corrected chi connectivity index (χ2v) is 9.63. The summed E-state index contributed by atoms with van der Waals surface area (Å²) in [5, 5.41) is 1.29. The Morgan fingerprint density at radius 1 is 0.943 bits per heavy atom. The van der Waals surface area contributed by atoms with Crippen LogP contribution in [0.3, 0.4) is 0 Å². The number of benzene rings is 2. The minimum atomic E-state index is 0.160. The van der Waals surface area contributed by atoms with Crippen molar-refractivity contribution in [3.05, 3.63) is 90.4 Å². The molecule has 1 unspecified atom stereocenters. The molecule has 1 fully saturated rings. The van der Waals surface area contributed by atoms with E-state index in [2.05, 4.69) is 67.1 Å². The number of hydrogen-bond donors (Lipinski definition) is 1. The number of nitrogens with one attached hydrogen (secondary N) is 1. The molecule has 1 amide bonds. The molecule has 2 aromatic carbocycles. The lowest BCUT2D eigenvalue weighted by Gasteiger charge is -2.42. The summed E-state index contributed by atoms with van der Waals surface area (Å²) in [6, 6.07) is 21.1. The van der Waals surface area contributed by atoms with Gasteiger partial charge in [0.2, 0.25) is 5.91 Å². The normalized spacial score (nSPS) is 18.6. The van der Waals surface area contributed by atoms with E-state index in [9.17, 15) is 4.79 Å². The zero-order valence-corrected chi connectivity index (χ0v) is 19.9. The Kier molecular flexibility index (Phi) is 5.96. The maximum absolute atomic E-state index is 13.6. The van der Waals surface area contributed by atoms with Gasteiger partial charge in [0, 0.05) is 79.6 Å². The van der Waals surface area contributed by atoms with Crippen molar-refractivity contribution in [2.75, 3.05) is 42.5 Å². The molecule has 4 heterocycles. The number of fused-ring (bicyclic) bond motifs is 2. The first-order chi connectivity index (χ1) is 17.3. The number of carbonyl (C=O) groups is 1. The highest BCUT2D eigenvalue weighted by molar-refractivity contribution is 5.96. The summed E-state index contributed by atoms with van der Waals surface area (Å²) in [5.74, 6) is 0.160. The number of H-pyrrole nitrogens is 1. The smallest absolute Gasteiger partial charge is 0.231 e. The molecule has 6 heteroatoms. The Morgan fingerprint density at radius 3 is 2.66 bits per heavy atom. The minimum Gasteiger partial charge on any atom is -0.368 e. The molecule has 0 radical (unpaired) electrons. The van der Waals surface area contributed by atoms with Crippen molar-refractivity contribution in [2.24, 2.45) is 0 Å². The first-order valence-electron chi connectivity index (χ1n) is 12.6. The quantitative estimate of drug-likeness (QED) is 0.478. The Labute approximate surface area is 206 Å². The molecule has 1 saturated heterocycles. The molecular formula is C29H31N5O. The molecule has 0 spiro atoms. The summed E-state index contributed by atoms with van der Waals surface area (Å²) in [4.78, 5) is 28.2. The monoisotopic (exact) mass is 465 g/mol. The highest BCUT2D eigenvalue weighted by atomic mass is 16.2. The van der Waals surface area contributed by atoms with E-state index in [0.717, 1.165) is 56.8 Å². The second-order valence-electron chi connectivity index (χ2n) is 9.63. The molecule has 35 heavy (non-hydrogen) atoms. The van der Waals surface area contributed by atoms with E-state index in [1.165, 1.54) is 22.2 Å². The van der Waals surface area contributed by atoms with Gasteiger partial charge < -0.3 is 14.8 Å². The molecule has 6 nitrogen and oxygen atoms in total. The molecule has 178 valence electrons. The van der Waals surface area contributed by atoms with Gasteiger partial charge >= 0.3 is 0 Å². The lowest BCUT2D eigenvalue weighted by Crippen LogP contribution is -2.54. The summed E-state index contributed by atoms with van der Waals surface area (Å²) in [6.07, 6.45) is 7.97. The topological polar surface area (TPSA) is 55.5 Å². The van der Waals surface area contributed by atoms with E-state index >= 15 is 0 Å². The van der Waals surface area contributed by atoms with Crippen LogP contribution in [0.2, 0.25) is 0 Å². The Morgan fingerprint density at radius 2 is 1.80 bits per heavy atom. The molecule has 2 aliphatic rings. The van der Waals surface area contributed by atoms with Crippen LogP contribution in [0.5, 0.6) is 0 Å². The Balaban J connectivity index is 1.17. The van der Waals surface area contributed by atoms with Gasteiger partial charge in [-0.25, -0.2) is 0 Å². The fourth-order valence-electron chi connectivity index (χ4n) is 5.69. The van der Waals surface area contributed by atoms with E-state index in [0.29, 0.717) is 6.42 Å². The number of nitrogens with zero attached hydrogens (tertiary/aromatic N) is 4. The number of rotatable bonds is 5. The van der Waals surface area contributed by atoms with Crippen LogP contribution in [0.1, 0.15) is 17.5 Å². The summed E-state index contributed by atoms with van der Waals surface area (Å²) in [6.45, 7) is 4.91. The molecule has 0 saturated carbocycles. The fourth-order valence-corrected chi connectivity index (χ4v) is 5.69. The molecule has 0 aliphatic carbocycles. The number of aromatic nitrogens is 2. The molecule has 2 aliphatic heterocycles. The van der Waals surface area contributed by atoms with Gasteiger partial charge in [0.25, 0.3) is 0 Å². The fraction of sp³-hybridized carbons (Fsp3) is 0.310. The Hall–Kier alpha value is -3.64. The van der Waals surface area contributed by atoms with E-state index in [1.807, 2.05) is 24.4 Å². The van der Waals surface area contributed by atoms with Gasteiger partial charge in [0.1, 0.15) is 0 Å². The molecule has 2 aromatic heterocycles. The lowest BCUT2D eigenvalue weighted by molar-refractivity contribution is -0.118. The zero-order chi connectivity index (χ0) is 23.6. The second kappa shape index (κ2) is 9.55. The zero-order valence-electron chi connectivity index (χ0n) is 19.9. The van der Waals surface area contributed by atoms with E-state index in [1.54, 1.807) is 12.4 Å². The van der Waals surface area contributed by atoms with Gasteiger partial charge in [-0.15, -0.1) is 0 Å². The number of pyridine rings is 1. The van der Waals surface area contributed by atoms with Crippen LogP contribution < -0.4 is 9.80 Å². The van der Waals surface area contributed by atoms with Crippen LogP contribution in [-0.2, 0) is 17.6 Å². The number of aromatic amines is 1. The number of piperazine rings is 1. The van der Waals surface area contributed by atoms with Gasteiger partial charge in [-0.2, -0.15) is 0 Å². The van der Waals surface area contributed by atoms with Gasteiger partial charge in [-0.3, -0.25) is 14.7 Å². The maximum atomic E-state index is 13.6. The third kappa shape index (κ3) is 4.42. The van der Waals surface area contributed by atoms with E-state index in [-0.39, 0.29) is 11.9 Å². The van der Waals surface area contributed by atoms with Crippen LogP contribution >= 0.6 is 0 Å². The van der Waals surface area contributed by atoms with Crippen LogP contribution in [0.25, 0.3) is 10.9 Å². The summed E-state index contributed by atoms with van der Waals surface area (Å²) < 4.78 is 0. The summed E-state index contributed by atoms with van der Waals surface area (Å²) in [5.41, 5.74) is 5.81. The van der Waals surface area contributed by atoms with Crippen molar-refractivity contribution in [1.29, 1.82) is 0 Å². The minimum absolute atomic E-state index is 0.160. The predicted octanol–water partition coefficient (Wildman–Crippen LogP) is 4.28. The molecule has 1 atom stereocenters. The highest BCUT2D eigenvalue weighted by Gasteiger charge is 2.33. The lowest BCUT2D eigenvalue weighted by atomic mass is 9.94. The van der Waals surface area contributed by atoms with Crippen LogP contribution in [0.4, 0.5) is 11.4 Å². The van der Waals surface area contributed by atoms with Gasteiger partial charge in [-0.05, 0) is 54.3 Å². The van der Waals surface area contributed by atoms with Crippen molar-refractivity contribution in [2.45, 2.75) is 25.3 Å². The van der Waals surface area contributed by atoms with Crippen LogP contribution in [0, 0.1) is 0 Å². The molecule has 4 aromatic rings. The predicted molar refractivity (Wildman–Crippen MR) is 141 cm³/mol. The Bertz CT molecular complexity index is 1310. The van der Waals surface area contributed by atoms with Crippen molar-refractivity contribution < 1.29 is 4.79 Å². The van der Waals surface area contributed by atoms with Gasteiger partial charge in [0.15, 0.2) is 0 Å². The van der Waals surface area contributed by atoms with Crippen molar-refractivity contribution in [3.8, 4) is 0 Å². The number of para-hydroxylation sites is 1. The molecule has 1 N–H and O–H groups in total. The van der Waals surface area contributed by atoms with Gasteiger partial charge in [-0.1, -0.05) is 30.3 Å². The van der Waals surface area contributed by atoms with Crippen molar-refractivity contribution >= 4 is 28.2 Å². The number of hydrogen-bond acceptors (Lipinski definition) is 4. The first kappa shape index (κ1) is 21.9. The van der Waals surface area contributed by atoms with E-state index in [4.69, 9.17) is 0 Å². The average Bonchev–Trinajstić information content (AvgIpc) is 3.39. The molecule has 0 bridgehead atoms. The van der Waals surface area contributed by atoms with E-state index < -0.39 is 0 Å². The number of anilines is 2. The molecule has 6 rings (SSSR count). The number of amides is 1. The standard InChI is InChI=1S/C29H31N5O/c35-29(19-22-5-4-13-30-20-22)34-24(11-10-23-6-1-2-8-27(23)34)21-32-15-17-33(18-16-32)28-9-3-7-26-25(28)12-14-31-26/h1-9,12-14,20,24,31H,10-11,15-19,21H2. The number of carbonyl (C=O) groups excluding carboxylic acids is 1. The van der Waals surface area contributed by atoms with Crippen molar-refractivity contribution in [3.63, 3.8) is 0 Å². The summed E-state index contributed by atoms with van der Waals surface area (Å²) in [7, 11) is 0. The highest BCUT2D eigenvalue weighted by Crippen LogP contribution is 2.32. The van der Waals surface area contributed by atoms with Gasteiger partial charge in [0.05, 0.1) is 6.42 Å². The first-order valence-corrected chi connectivity index (χ1v) is 12.6. The third-order valence-electron chi connectivity index (χ3n) is 7.46. The third-order valence-corrected chi connectivity index (χ3v) is 7.46. The number of aryl methyl sites for hydroxylation is 1. The van der Waals surface area contributed by atoms with Crippen LogP contribution in [-0.4, -0.2) is 59.5 Å². The maximum Gasteiger partial charge on any atom is 0.231 e. The summed E-state index contributed by atoms with van der Waals surface area (Å²) >= 11 is 0. The average molecular weight is 466 g/mol. The SMILES string of the molecule is O=C(Cc1cccnc1)N1c2ccccc2CCC1CN1CCN(c2cccc3[nH]ccc23)CC1. The largest absolute Gasteiger partial charge is 0.368 e. The van der Waals surface area contributed by atoms with Crippen LogP contribution in [0.15, 0.2) is 79.3 Å².